The number of hydrogen-bond donors (Lipinski definition) is 0. The van der Waals surface area contributed by atoms with E-state index in [-0.39, 0.29) is 31.8 Å². The SMILES string of the molecule is O=C(c1ccc2ncc(-c3ccc4nnnn4c3)nc2c1)N1CCC(F)(F)CC1. The molecule has 8 nitrogen and oxygen atoms in total. The topological polar surface area (TPSA) is 89.2 Å². The second-order valence-electron chi connectivity index (χ2n) is 7.01. The van der Waals surface area contributed by atoms with Gasteiger partial charge in [-0.1, -0.05) is 0 Å². The lowest BCUT2D eigenvalue weighted by Crippen LogP contribution is -2.42. The average Bonchev–Trinajstić information content (AvgIpc) is 3.20. The molecule has 1 aliphatic heterocycles. The molecule has 0 aliphatic carbocycles. The number of halogens is 2. The molecule has 0 saturated carbocycles. The highest BCUT2D eigenvalue weighted by molar-refractivity contribution is 5.97. The molecule has 5 rings (SSSR count). The molecule has 0 radical (unpaired) electrons. The van der Waals surface area contributed by atoms with Gasteiger partial charge in [0, 0.05) is 43.3 Å². The lowest BCUT2D eigenvalue weighted by atomic mass is 10.1. The van der Waals surface area contributed by atoms with Crippen LogP contribution in [0.1, 0.15) is 23.2 Å². The number of aromatic nitrogens is 6. The van der Waals surface area contributed by atoms with Gasteiger partial charge in [-0.25, -0.2) is 18.3 Å². The van der Waals surface area contributed by atoms with Crippen molar-refractivity contribution in [3.05, 3.63) is 48.3 Å². The van der Waals surface area contributed by atoms with Gasteiger partial charge >= 0.3 is 0 Å². The van der Waals surface area contributed by atoms with Crippen molar-refractivity contribution in [3.63, 3.8) is 0 Å². The van der Waals surface area contributed by atoms with Crippen molar-refractivity contribution in [3.8, 4) is 11.3 Å². The Labute approximate surface area is 163 Å². The van der Waals surface area contributed by atoms with E-state index in [9.17, 15) is 13.6 Å². The monoisotopic (exact) mass is 395 g/mol. The van der Waals surface area contributed by atoms with Crippen LogP contribution in [0, 0.1) is 0 Å². The summed E-state index contributed by atoms with van der Waals surface area (Å²) in [6, 6.07) is 8.62. The third kappa shape index (κ3) is 3.26. The van der Waals surface area contributed by atoms with E-state index in [1.807, 2.05) is 6.07 Å². The van der Waals surface area contributed by atoms with Crippen molar-refractivity contribution >= 4 is 22.6 Å². The van der Waals surface area contributed by atoms with Crippen molar-refractivity contribution in [1.29, 1.82) is 0 Å². The predicted octanol–water partition coefficient (Wildman–Crippen LogP) is 2.61. The Morgan fingerprint density at radius 3 is 2.72 bits per heavy atom. The third-order valence-corrected chi connectivity index (χ3v) is 5.06. The first-order valence-electron chi connectivity index (χ1n) is 9.11. The Balaban J connectivity index is 1.47. The molecule has 0 spiro atoms. The second kappa shape index (κ2) is 6.50. The van der Waals surface area contributed by atoms with Gasteiger partial charge < -0.3 is 4.90 Å². The van der Waals surface area contributed by atoms with E-state index < -0.39 is 5.92 Å². The van der Waals surface area contributed by atoms with Crippen LogP contribution >= 0.6 is 0 Å². The number of likely N-dealkylation sites (tertiary alicyclic amines) is 1. The number of alkyl halides is 2. The van der Waals surface area contributed by atoms with Crippen LogP contribution < -0.4 is 0 Å². The Bertz CT molecular complexity index is 1230. The van der Waals surface area contributed by atoms with Gasteiger partial charge in [-0.3, -0.25) is 9.78 Å². The Morgan fingerprint density at radius 2 is 1.90 bits per heavy atom. The Morgan fingerprint density at radius 1 is 1.07 bits per heavy atom. The molecule has 146 valence electrons. The maximum atomic E-state index is 13.4. The Kier molecular flexibility index (Phi) is 3.93. The maximum absolute atomic E-state index is 13.4. The standard InChI is InChI=1S/C19H15F2N7O/c20-19(21)5-7-27(8-6-19)18(29)12-1-3-14-15(9-12)23-16(10-22-14)13-2-4-17-24-25-26-28(17)11-13/h1-4,9-11H,5-8H2. The molecule has 1 aliphatic rings. The van der Waals surface area contributed by atoms with E-state index >= 15 is 0 Å². The van der Waals surface area contributed by atoms with E-state index in [2.05, 4.69) is 25.5 Å². The molecule has 0 N–H and O–H groups in total. The lowest BCUT2D eigenvalue weighted by Gasteiger charge is -2.31. The number of hydrogen-bond acceptors (Lipinski definition) is 6. The number of benzene rings is 1. The number of rotatable bonds is 2. The van der Waals surface area contributed by atoms with Crippen LogP contribution in [0.3, 0.4) is 0 Å². The highest BCUT2D eigenvalue weighted by Gasteiger charge is 2.35. The van der Waals surface area contributed by atoms with Gasteiger partial charge in [-0.15, -0.1) is 5.10 Å². The van der Waals surface area contributed by atoms with Crippen molar-refractivity contribution < 1.29 is 13.6 Å². The van der Waals surface area contributed by atoms with Gasteiger partial charge in [0.2, 0.25) is 0 Å². The fraction of sp³-hybridized carbons (Fsp3) is 0.263. The second-order valence-corrected chi connectivity index (χ2v) is 7.01. The number of nitrogens with zero attached hydrogens (tertiary/aromatic N) is 7. The molecule has 4 aromatic rings. The molecule has 0 bridgehead atoms. The van der Waals surface area contributed by atoms with Gasteiger partial charge in [0.25, 0.3) is 11.8 Å². The first-order valence-corrected chi connectivity index (χ1v) is 9.11. The maximum Gasteiger partial charge on any atom is 0.253 e. The zero-order valence-corrected chi connectivity index (χ0v) is 15.2. The van der Waals surface area contributed by atoms with Gasteiger partial charge in [0.15, 0.2) is 5.65 Å². The molecule has 1 aromatic carbocycles. The van der Waals surface area contributed by atoms with Crippen LogP contribution in [-0.4, -0.2) is 59.8 Å². The first kappa shape index (κ1) is 17.5. The number of amides is 1. The minimum atomic E-state index is -2.69. The molecule has 0 unspecified atom stereocenters. The number of carbonyl (C=O) groups excluding carboxylic acids is 1. The highest BCUT2D eigenvalue weighted by Crippen LogP contribution is 2.28. The molecule has 1 saturated heterocycles. The summed E-state index contributed by atoms with van der Waals surface area (Å²) in [7, 11) is 0. The van der Waals surface area contributed by atoms with Gasteiger partial charge in [-0.2, -0.15) is 0 Å². The average molecular weight is 395 g/mol. The number of carbonyl (C=O) groups is 1. The van der Waals surface area contributed by atoms with E-state index in [0.717, 1.165) is 5.56 Å². The third-order valence-electron chi connectivity index (χ3n) is 5.06. The first-order chi connectivity index (χ1) is 14.0. The molecule has 4 heterocycles. The molecular formula is C19H15F2N7O. The van der Waals surface area contributed by atoms with Crippen LogP contribution in [0.2, 0.25) is 0 Å². The summed E-state index contributed by atoms with van der Waals surface area (Å²) in [5.41, 5.74) is 3.59. The minimum absolute atomic E-state index is 0.0432. The van der Waals surface area contributed by atoms with Crippen LogP contribution in [0.25, 0.3) is 27.9 Å². The zero-order valence-electron chi connectivity index (χ0n) is 15.2. The number of pyridine rings is 1. The number of fused-ring (bicyclic) bond motifs is 2. The molecular weight excluding hydrogens is 380 g/mol. The smallest absolute Gasteiger partial charge is 0.253 e. The minimum Gasteiger partial charge on any atom is -0.338 e. The normalized spacial score (nSPS) is 16.4. The summed E-state index contributed by atoms with van der Waals surface area (Å²) >= 11 is 0. The highest BCUT2D eigenvalue weighted by atomic mass is 19.3. The van der Waals surface area contributed by atoms with Gasteiger partial charge in [0.05, 0.1) is 22.9 Å². The van der Waals surface area contributed by atoms with Crippen LogP contribution in [-0.2, 0) is 0 Å². The van der Waals surface area contributed by atoms with E-state index in [1.54, 1.807) is 36.7 Å². The Hall–Kier alpha value is -3.56. The molecule has 1 amide bonds. The summed E-state index contributed by atoms with van der Waals surface area (Å²) in [5, 5.41) is 11.3. The van der Waals surface area contributed by atoms with Crippen molar-refractivity contribution in [1.82, 2.24) is 34.9 Å². The summed E-state index contributed by atoms with van der Waals surface area (Å²) in [6.07, 6.45) is 2.77. The van der Waals surface area contributed by atoms with Crippen molar-refractivity contribution in [2.75, 3.05) is 13.1 Å². The van der Waals surface area contributed by atoms with Crippen molar-refractivity contribution in [2.24, 2.45) is 0 Å². The van der Waals surface area contributed by atoms with Crippen LogP contribution in [0.15, 0.2) is 42.7 Å². The molecule has 29 heavy (non-hydrogen) atoms. The molecule has 0 atom stereocenters. The predicted molar refractivity (Wildman–Crippen MR) is 99.4 cm³/mol. The van der Waals surface area contributed by atoms with Crippen LogP contribution in [0.5, 0.6) is 0 Å². The molecule has 1 fully saturated rings. The van der Waals surface area contributed by atoms with Gasteiger partial charge in [-0.05, 0) is 40.8 Å². The number of piperidine rings is 1. The lowest BCUT2D eigenvalue weighted by molar-refractivity contribution is -0.0494. The van der Waals surface area contributed by atoms with E-state index in [1.165, 1.54) is 9.42 Å². The van der Waals surface area contributed by atoms with Gasteiger partial charge in [0.1, 0.15) is 0 Å². The quantitative estimate of drug-likeness (QED) is 0.518. The van der Waals surface area contributed by atoms with Crippen LogP contribution in [0.4, 0.5) is 8.78 Å². The summed E-state index contributed by atoms with van der Waals surface area (Å²) in [4.78, 5) is 23.2. The molecule has 10 heteroatoms. The summed E-state index contributed by atoms with van der Waals surface area (Å²) < 4.78 is 28.3. The van der Waals surface area contributed by atoms with E-state index in [4.69, 9.17) is 0 Å². The summed E-state index contributed by atoms with van der Waals surface area (Å²) in [5.74, 6) is -2.97. The van der Waals surface area contributed by atoms with E-state index in [0.29, 0.717) is 27.9 Å². The summed E-state index contributed by atoms with van der Waals surface area (Å²) in [6.45, 7) is 0.0864. The number of tetrazole rings is 1. The van der Waals surface area contributed by atoms with Crippen molar-refractivity contribution in [2.45, 2.75) is 18.8 Å². The fourth-order valence-corrected chi connectivity index (χ4v) is 3.40. The molecule has 3 aromatic heterocycles. The fourth-order valence-electron chi connectivity index (χ4n) is 3.40. The largest absolute Gasteiger partial charge is 0.338 e. The zero-order chi connectivity index (χ0) is 20.0.